The summed E-state index contributed by atoms with van der Waals surface area (Å²) in [5, 5.41) is 0.664. The molecule has 0 saturated carbocycles. The first-order valence-electron chi connectivity index (χ1n) is 9.24. The summed E-state index contributed by atoms with van der Waals surface area (Å²) < 4.78 is 34.3. The van der Waals surface area contributed by atoms with Gasteiger partial charge in [0.2, 0.25) is 0 Å². The first-order valence-corrected chi connectivity index (χ1v) is 10.7. The molecule has 1 aliphatic rings. The number of benzene rings is 2. The number of hydrogen-bond acceptors (Lipinski definition) is 4. The van der Waals surface area contributed by atoms with E-state index in [9.17, 15) is 13.2 Å². The zero-order valence-electron chi connectivity index (χ0n) is 16.4. The van der Waals surface area contributed by atoms with Crippen LogP contribution in [-0.2, 0) is 16.4 Å². The van der Waals surface area contributed by atoms with Crippen molar-refractivity contribution in [2.75, 3.05) is 4.72 Å². The molecule has 0 radical (unpaired) electrons. The van der Waals surface area contributed by atoms with Gasteiger partial charge in [-0.15, -0.1) is 0 Å². The Balaban J connectivity index is 1.76. The Bertz CT molecular complexity index is 1220. The molecule has 0 aliphatic heterocycles. The Morgan fingerprint density at radius 2 is 1.79 bits per heavy atom. The quantitative estimate of drug-likeness (QED) is 0.674. The number of aryl methyl sites for hydroxylation is 2. The molecule has 3 aromatic rings. The molecule has 0 saturated heterocycles. The van der Waals surface area contributed by atoms with Gasteiger partial charge in [-0.25, -0.2) is 8.42 Å². The van der Waals surface area contributed by atoms with Gasteiger partial charge in [0.1, 0.15) is 11.3 Å². The summed E-state index contributed by atoms with van der Waals surface area (Å²) in [5.41, 5.74) is 3.02. The molecule has 0 atom stereocenters. The van der Waals surface area contributed by atoms with Gasteiger partial charge in [-0.2, -0.15) is 0 Å². The number of Topliss-reactive ketones (excluding diaryl/α,β-unsaturated/α-hetero) is 1. The number of anilines is 1. The number of rotatable bonds is 3. The smallest absolute Gasteiger partial charge is 0.262 e. The normalized spacial score (nSPS) is 16.2. The standard InChI is InChI=1S/C22H23NO4S/c1-13-5-6-14(2)20(9-13)28(25,26)23-15-7-8-18-16(10-15)21-17(24)11-22(3,4)12-19(21)27-18/h5-10,23H,11-12H2,1-4H3. The van der Waals surface area contributed by atoms with Gasteiger partial charge in [0.25, 0.3) is 10.0 Å². The van der Waals surface area contributed by atoms with Crippen LogP contribution >= 0.6 is 0 Å². The topological polar surface area (TPSA) is 76.4 Å². The molecule has 4 rings (SSSR count). The van der Waals surface area contributed by atoms with E-state index in [4.69, 9.17) is 4.42 Å². The van der Waals surface area contributed by atoms with Crippen molar-refractivity contribution in [2.24, 2.45) is 5.41 Å². The molecule has 0 fully saturated rings. The maximum Gasteiger partial charge on any atom is 0.262 e. The summed E-state index contributed by atoms with van der Waals surface area (Å²) in [6.45, 7) is 7.72. The lowest BCUT2D eigenvalue weighted by Gasteiger charge is -2.27. The Labute approximate surface area is 164 Å². The number of carbonyl (C=O) groups is 1. The second kappa shape index (κ2) is 6.21. The van der Waals surface area contributed by atoms with Gasteiger partial charge in [-0.1, -0.05) is 26.0 Å². The third-order valence-corrected chi connectivity index (χ3v) is 6.73. The van der Waals surface area contributed by atoms with E-state index in [2.05, 4.69) is 4.72 Å². The number of fused-ring (bicyclic) bond motifs is 3. The van der Waals surface area contributed by atoms with Crippen molar-refractivity contribution in [3.63, 3.8) is 0 Å². The fraction of sp³-hybridized carbons (Fsp3) is 0.318. The summed E-state index contributed by atoms with van der Waals surface area (Å²) in [5.74, 6) is 0.727. The molecule has 1 heterocycles. The van der Waals surface area contributed by atoms with Crippen molar-refractivity contribution in [3.8, 4) is 0 Å². The van der Waals surface area contributed by atoms with E-state index in [1.54, 1.807) is 37.3 Å². The van der Waals surface area contributed by atoms with E-state index >= 15 is 0 Å². The highest BCUT2D eigenvalue weighted by Gasteiger charge is 2.35. The SMILES string of the molecule is Cc1ccc(C)c(S(=O)(=O)Nc2ccc3oc4c(c3c2)C(=O)CC(C)(C)C4)c1. The minimum absolute atomic E-state index is 0.0412. The van der Waals surface area contributed by atoms with Gasteiger partial charge in [0.05, 0.1) is 10.5 Å². The number of sulfonamides is 1. The van der Waals surface area contributed by atoms with E-state index in [-0.39, 0.29) is 16.1 Å². The van der Waals surface area contributed by atoms with Crippen molar-refractivity contribution < 1.29 is 17.6 Å². The van der Waals surface area contributed by atoms with Crippen molar-refractivity contribution in [1.82, 2.24) is 0 Å². The molecule has 6 heteroatoms. The number of carbonyl (C=O) groups excluding carboxylic acids is 1. The van der Waals surface area contributed by atoms with Gasteiger partial charge >= 0.3 is 0 Å². The second-order valence-corrected chi connectivity index (χ2v) is 10.1. The van der Waals surface area contributed by atoms with Crippen molar-refractivity contribution in [1.29, 1.82) is 0 Å². The van der Waals surface area contributed by atoms with Crippen molar-refractivity contribution >= 4 is 32.5 Å². The summed E-state index contributed by atoms with van der Waals surface area (Å²) in [6.07, 6.45) is 1.14. The summed E-state index contributed by atoms with van der Waals surface area (Å²) >= 11 is 0. The molecule has 1 N–H and O–H groups in total. The average Bonchev–Trinajstić information content (AvgIpc) is 2.92. The van der Waals surface area contributed by atoms with Crippen LogP contribution in [0.15, 0.2) is 45.7 Å². The second-order valence-electron chi connectivity index (χ2n) is 8.43. The summed E-state index contributed by atoms with van der Waals surface area (Å²) in [7, 11) is -3.74. The molecule has 0 spiro atoms. The molecule has 146 valence electrons. The molecule has 1 aromatic heterocycles. The fourth-order valence-electron chi connectivity index (χ4n) is 3.87. The number of ketones is 1. The zero-order valence-corrected chi connectivity index (χ0v) is 17.2. The molecule has 5 nitrogen and oxygen atoms in total. The van der Waals surface area contributed by atoms with Crippen LogP contribution in [0.25, 0.3) is 11.0 Å². The van der Waals surface area contributed by atoms with Crippen LogP contribution in [0.5, 0.6) is 0 Å². The van der Waals surface area contributed by atoms with Crippen LogP contribution in [0.3, 0.4) is 0 Å². The molecule has 1 aliphatic carbocycles. The highest BCUT2D eigenvalue weighted by atomic mass is 32.2. The Kier molecular flexibility index (Phi) is 4.16. The minimum Gasteiger partial charge on any atom is -0.460 e. The van der Waals surface area contributed by atoms with E-state index in [0.29, 0.717) is 46.4 Å². The Morgan fingerprint density at radius 3 is 2.54 bits per heavy atom. The van der Waals surface area contributed by atoms with E-state index < -0.39 is 10.0 Å². The van der Waals surface area contributed by atoms with Crippen molar-refractivity contribution in [2.45, 2.75) is 45.4 Å². The third-order valence-electron chi connectivity index (χ3n) is 5.20. The Morgan fingerprint density at radius 1 is 1.04 bits per heavy atom. The lowest BCUT2D eigenvalue weighted by atomic mass is 9.76. The first-order chi connectivity index (χ1) is 13.1. The maximum atomic E-state index is 12.9. The average molecular weight is 397 g/mol. The third kappa shape index (κ3) is 3.22. The number of nitrogens with one attached hydrogen (secondary N) is 1. The minimum atomic E-state index is -3.74. The fourth-order valence-corrected chi connectivity index (χ4v) is 5.25. The molecule has 0 unspecified atom stereocenters. The molecular formula is C22H23NO4S. The number of hydrogen-bond donors (Lipinski definition) is 1. The van der Waals surface area contributed by atoms with E-state index in [1.807, 2.05) is 26.8 Å². The van der Waals surface area contributed by atoms with Crippen LogP contribution < -0.4 is 4.72 Å². The Hall–Kier alpha value is -2.60. The lowest BCUT2D eigenvalue weighted by molar-refractivity contribution is 0.0906. The monoisotopic (exact) mass is 397 g/mol. The predicted octanol–water partition coefficient (Wildman–Crippen LogP) is 5.01. The van der Waals surface area contributed by atoms with Crippen LogP contribution in [0.2, 0.25) is 0 Å². The molecule has 2 aromatic carbocycles. The predicted molar refractivity (Wildman–Crippen MR) is 109 cm³/mol. The van der Waals surface area contributed by atoms with Crippen LogP contribution in [-0.4, -0.2) is 14.2 Å². The first kappa shape index (κ1) is 18.7. The maximum absolute atomic E-state index is 12.9. The van der Waals surface area contributed by atoms with Gasteiger partial charge < -0.3 is 4.42 Å². The van der Waals surface area contributed by atoms with Gasteiger partial charge in [0.15, 0.2) is 5.78 Å². The van der Waals surface area contributed by atoms with Crippen LogP contribution in [0.4, 0.5) is 5.69 Å². The number of furan rings is 1. The van der Waals surface area contributed by atoms with E-state index in [0.717, 1.165) is 5.56 Å². The molecular weight excluding hydrogens is 374 g/mol. The summed E-state index contributed by atoms with van der Waals surface area (Å²) in [4.78, 5) is 12.9. The van der Waals surface area contributed by atoms with Crippen LogP contribution in [0, 0.1) is 19.3 Å². The van der Waals surface area contributed by atoms with Gasteiger partial charge in [0, 0.05) is 23.9 Å². The largest absolute Gasteiger partial charge is 0.460 e. The molecule has 28 heavy (non-hydrogen) atoms. The molecule has 0 bridgehead atoms. The van der Waals surface area contributed by atoms with Crippen LogP contribution in [0.1, 0.15) is 47.5 Å². The molecule has 0 amide bonds. The highest BCUT2D eigenvalue weighted by Crippen LogP contribution is 2.40. The van der Waals surface area contributed by atoms with Gasteiger partial charge in [-0.3, -0.25) is 9.52 Å². The zero-order chi connectivity index (χ0) is 20.3. The van der Waals surface area contributed by atoms with Crippen molar-refractivity contribution in [3.05, 3.63) is 58.8 Å². The summed E-state index contributed by atoms with van der Waals surface area (Å²) in [6, 6.07) is 10.4. The highest BCUT2D eigenvalue weighted by molar-refractivity contribution is 7.92. The van der Waals surface area contributed by atoms with Gasteiger partial charge in [-0.05, 0) is 54.7 Å². The van der Waals surface area contributed by atoms with E-state index in [1.165, 1.54) is 0 Å². The lowest BCUT2D eigenvalue weighted by Crippen LogP contribution is -2.25.